The molecule has 0 saturated heterocycles. The van der Waals surface area contributed by atoms with E-state index in [4.69, 9.17) is 7.85 Å². The fraction of sp³-hybridized carbons (Fsp3) is 0.385. The largest absolute Gasteiger partial charge is 0.384 e. The van der Waals surface area contributed by atoms with Crippen LogP contribution in [0.3, 0.4) is 0 Å². The average molecular weight is 256 g/mol. The van der Waals surface area contributed by atoms with E-state index in [0.717, 1.165) is 24.3 Å². The van der Waals surface area contributed by atoms with Gasteiger partial charge in [0, 0.05) is 25.8 Å². The number of nitrogens with one attached hydrogen (secondary N) is 2. The van der Waals surface area contributed by atoms with Gasteiger partial charge in [-0.1, -0.05) is 0 Å². The van der Waals surface area contributed by atoms with Crippen molar-refractivity contribution in [1.82, 2.24) is 14.9 Å². The van der Waals surface area contributed by atoms with Crippen molar-refractivity contribution in [2.75, 3.05) is 24.9 Å². The normalized spacial score (nSPS) is 10.8. The molecule has 19 heavy (non-hydrogen) atoms. The highest BCUT2D eigenvalue weighted by Gasteiger charge is 2.05. The highest BCUT2D eigenvalue weighted by molar-refractivity contribution is 6.08. The van der Waals surface area contributed by atoms with Gasteiger partial charge in [-0.15, -0.1) is 0 Å². The van der Waals surface area contributed by atoms with Gasteiger partial charge in [0.2, 0.25) is 0 Å². The Bertz CT molecular complexity index is 638. The van der Waals surface area contributed by atoms with Crippen molar-refractivity contribution >= 4 is 24.4 Å². The predicted molar refractivity (Wildman–Crippen MR) is 78.8 cm³/mol. The van der Waals surface area contributed by atoms with Gasteiger partial charge in [-0.25, -0.2) is 4.98 Å². The summed E-state index contributed by atoms with van der Waals surface area (Å²) in [4.78, 5) is 16.5. The number of aryl methyl sites for hydroxylation is 1. The minimum atomic E-state index is -0.0150. The van der Waals surface area contributed by atoms with Gasteiger partial charge in [-0.2, -0.15) is 0 Å². The second kappa shape index (κ2) is 5.88. The first-order valence-corrected chi connectivity index (χ1v) is 6.25. The molecule has 0 aliphatic rings. The molecule has 6 heteroatoms. The summed E-state index contributed by atoms with van der Waals surface area (Å²) in [5.41, 5.74) is 1.66. The van der Waals surface area contributed by atoms with Gasteiger partial charge in [0.25, 0.3) is 5.56 Å². The number of aromatic nitrogens is 2. The van der Waals surface area contributed by atoms with Crippen molar-refractivity contribution in [3.63, 3.8) is 0 Å². The number of hydrogen-bond acceptors (Lipinski definition) is 4. The van der Waals surface area contributed by atoms with Gasteiger partial charge >= 0.3 is 0 Å². The number of hydrogen-bond donors (Lipinski definition) is 2. The summed E-state index contributed by atoms with van der Waals surface area (Å²) in [7, 11) is 7.07. The molecule has 0 amide bonds. The molecule has 98 valence electrons. The Balaban J connectivity index is 2.26. The Morgan fingerprint density at radius 3 is 2.89 bits per heavy atom. The lowest BCUT2D eigenvalue weighted by Crippen LogP contribution is -2.23. The number of fused-ring (bicyclic) bond motifs is 1. The molecular formula is C13H17BN4O. The van der Waals surface area contributed by atoms with E-state index in [1.165, 1.54) is 0 Å². The van der Waals surface area contributed by atoms with Crippen molar-refractivity contribution in [2.24, 2.45) is 7.05 Å². The molecule has 2 radical (unpaired) electrons. The Kier molecular flexibility index (Phi) is 4.22. The van der Waals surface area contributed by atoms with Crippen molar-refractivity contribution in [3.8, 4) is 0 Å². The third-order valence-corrected chi connectivity index (χ3v) is 3.08. The maximum Gasteiger partial charge on any atom is 0.261 e. The van der Waals surface area contributed by atoms with Crippen molar-refractivity contribution in [2.45, 2.75) is 6.92 Å². The fourth-order valence-corrected chi connectivity index (χ4v) is 1.89. The van der Waals surface area contributed by atoms with Crippen LogP contribution >= 0.6 is 0 Å². The van der Waals surface area contributed by atoms with Gasteiger partial charge in [-0.05, 0) is 31.6 Å². The summed E-state index contributed by atoms with van der Waals surface area (Å²) in [6.07, 6.45) is 0.468. The molecule has 0 bridgehead atoms. The second-order valence-corrected chi connectivity index (χ2v) is 4.39. The van der Waals surface area contributed by atoms with Crippen LogP contribution in [0.1, 0.15) is 5.82 Å². The van der Waals surface area contributed by atoms with Crippen molar-refractivity contribution in [3.05, 3.63) is 34.4 Å². The monoisotopic (exact) mass is 256 g/mol. The maximum atomic E-state index is 12.0. The lowest BCUT2D eigenvalue weighted by molar-refractivity contribution is 0.792. The summed E-state index contributed by atoms with van der Waals surface area (Å²) in [6, 6.07) is 5.60. The molecule has 0 aliphatic heterocycles. The molecule has 2 aromatic rings. The number of anilines is 1. The van der Waals surface area contributed by atoms with Crippen molar-refractivity contribution in [1.29, 1.82) is 0 Å². The standard InChI is InChI=1S/C13H17BN4O/c1-9-17-12-7-10(16-6-5-15-8-14)3-4-11(12)13(19)18(9)2/h3-4,7,15-16H,5-6,8H2,1-2H3. The smallest absolute Gasteiger partial charge is 0.261 e. The van der Waals surface area contributed by atoms with Gasteiger partial charge in [0.1, 0.15) is 5.82 Å². The number of nitrogens with zero attached hydrogens (tertiary/aromatic N) is 2. The summed E-state index contributed by atoms with van der Waals surface area (Å²) in [5, 5.41) is 6.92. The highest BCUT2D eigenvalue weighted by Crippen LogP contribution is 2.14. The van der Waals surface area contributed by atoms with Crippen LogP contribution in [0.15, 0.2) is 23.0 Å². The molecule has 0 fully saturated rings. The lowest BCUT2D eigenvalue weighted by Gasteiger charge is -2.09. The Morgan fingerprint density at radius 2 is 2.16 bits per heavy atom. The third kappa shape index (κ3) is 2.96. The van der Waals surface area contributed by atoms with E-state index in [9.17, 15) is 4.79 Å². The zero-order valence-electron chi connectivity index (χ0n) is 11.2. The van der Waals surface area contributed by atoms with Gasteiger partial charge in [-0.3, -0.25) is 9.36 Å². The van der Waals surface area contributed by atoms with Crippen molar-refractivity contribution < 1.29 is 0 Å². The van der Waals surface area contributed by atoms with Gasteiger partial charge in [0.05, 0.1) is 18.7 Å². The van der Waals surface area contributed by atoms with E-state index >= 15 is 0 Å². The van der Waals surface area contributed by atoms with E-state index in [2.05, 4.69) is 15.6 Å². The van der Waals surface area contributed by atoms with E-state index in [0.29, 0.717) is 17.7 Å². The van der Waals surface area contributed by atoms with E-state index in [1.807, 2.05) is 25.1 Å². The fourth-order valence-electron chi connectivity index (χ4n) is 1.89. The second-order valence-electron chi connectivity index (χ2n) is 4.39. The Hall–Kier alpha value is -1.82. The quantitative estimate of drug-likeness (QED) is 0.599. The molecule has 0 saturated carbocycles. The molecule has 0 atom stereocenters. The molecular weight excluding hydrogens is 239 g/mol. The number of rotatable bonds is 5. The molecule has 0 spiro atoms. The zero-order chi connectivity index (χ0) is 13.8. The van der Waals surface area contributed by atoms with Crippen LogP contribution in [-0.4, -0.2) is 36.9 Å². The molecule has 0 unspecified atom stereocenters. The first kappa shape index (κ1) is 13.6. The zero-order valence-corrected chi connectivity index (χ0v) is 11.2. The van der Waals surface area contributed by atoms with Crippen LogP contribution in [0.5, 0.6) is 0 Å². The van der Waals surface area contributed by atoms with E-state index in [-0.39, 0.29) is 5.56 Å². The summed E-state index contributed by atoms with van der Waals surface area (Å²) in [6.45, 7) is 3.39. The first-order chi connectivity index (χ1) is 9.13. The van der Waals surface area contributed by atoms with Gasteiger partial charge < -0.3 is 10.6 Å². The summed E-state index contributed by atoms with van der Waals surface area (Å²) < 4.78 is 1.56. The average Bonchev–Trinajstić information content (AvgIpc) is 2.41. The highest BCUT2D eigenvalue weighted by atomic mass is 16.1. The molecule has 1 aromatic carbocycles. The summed E-state index contributed by atoms with van der Waals surface area (Å²) >= 11 is 0. The summed E-state index contributed by atoms with van der Waals surface area (Å²) in [5.74, 6) is 0.708. The van der Waals surface area contributed by atoms with Crippen LogP contribution < -0.4 is 16.2 Å². The molecule has 0 aliphatic carbocycles. The third-order valence-electron chi connectivity index (χ3n) is 3.08. The van der Waals surface area contributed by atoms with Gasteiger partial charge in [0.15, 0.2) is 0 Å². The first-order valence-electron chi connectivity index (χ1n) is 6.25. The molecule has 2 rings (SSSR count). The predicted octanol–water partition coefficient (Wildman–Crippen LogP) is 0.369. The SMILES string of the molecule is [B]CNCCNc1ccc2c(=O)n(C)c(C)nc2c1. The van der Waals surface area contributed by atoms with E-state index < -0.39 is 0 Å². The van der Waals surface area contributed by atoms with E-state index in [1.54, 1.807) is 11.6 Å². The van der Waals surface area contributed by atoms with Crippen LogP contribution in [0.25, 0.3) is 10.9 Å². The topological polar surface area (TPSA) is 58.9 Å². The van der Waals surface area contributed by atoms with Crippen LogP contribution in [-0.2, 0) is 7.05 Å². The maximum absolute atomic E-state index is 12.0. The molecule has 2 N–H and O–H groups in total. The molecule has 1 heterocycles. The van der Waals surface area contributed by atoms with Crippen LogP contribution in [0.4, 0.5) is 5.69 Å². The van der Waals surface area contributed by atoms with Crippen LogP contribution in [0.2, 0.25) is 0 Å². The number of benzene rings is 1. The minimum Gasteiger partial charge on any atom is -0.384 e. The minimum absolute atomic E-state index is 0.0150. The Morgan fingerprint density at radius 1 is 1.37 bits per heavy atom. The molecule has 1 aromatic heterocycles. The van der Waals surface area contributed by atoms with Crippen LogP contribution in [0, 0.1) is 6.92 Å². The molecule has 5 nitrogen and oxygen atoms in total. The Labute approximate surface area is 113 Å². The lowest BCUT2D eigenvalue weighted by atomic mass is 10.2.